The monoisotopic (exact) mass is 1010 g/mol. The van der Waals surface area contributed by atoms with Crippen LogP contribution in [-0.2, 0) is 16.2 Å². The van der Waals surface area contributed by atoms with Crippen LogP contribution in [0.2, 0.25) is 0 Å². The van der Waals surface area contributed by atoms with Crippen LogP contribution in [-0.4, -0.2) is 14.1 Å². The number of hydrogen-bond donors (Lipinski definition) is 0. The highest BCUT2D eigenvalue weighted by Gasteiger charge is 2.25. The predicted molar refractivity (Wildman–Crippen MR) is 323 cm³/mol. The molecule has 0 fully saturated rings. The summed E-state index contributed by atoms with van der Waals surface area (Å²) in [6.45, 7) is 20.3. The van der Waals surface area contributed by atoms with Crippen LogP contribution in [0.15, 0.2) is 230 Å². The number of pyridine rings is 1. The molecule has 0 saturated heterocycles. The highest BCUT2D eigenvalue weighted by molar-refractivity contribution is 6.11. The topological polar surface area (TPSA) is 29.9 Å². The van der Waals surface area contributed by atoms with Gasteiger partial charge in [0.25, 0.3) is 6.33 Å². The number of aromatic nitrogens is 4. The molecule has 5 nitrogen and oxygen atoms in total. The number of anilines is 3. The van der Waals surface area contributed by atoms with Crippen molar-refractivity contribution >= 4 is 49.9 Å². The molecule has 0 N–H and O–H groups in total. The standard InChI is InChI=1S/C72H65N5/c1-70(2,3)53-39-40-73-68(45-53)77-66-43-51(52-41-54(71(4,5)6)44-55(42-52)72(7,8)9)35-37-62(66)63-38-36-59(47-67(63)77)76(56-27-17-12-18-28-56)58-30-21-29-57(46-58)74-48-75(65-34-20-19-33-64(65)74)69-60(49-23-13-10-14-24-49)31-22-32-61(69)50-25-15-11-16-26-50/h10-47H,1-9H3/i10D,11D,13D,14D,15D,16D,23D,24D,25D,26D. The Morgan fingerprint density at radius 1 is 0.455 bits per heavy atom. The van der Waals surface area contributed by atoms with Crippen molar-refractivity contribution in [1.29, 1.82) is 0 Å². The van der Waals surface area contributed by atoms with Crippen LogP contribution in [0.25, 0.3) is 83.4 Å². The fourth-order valence-electron chi connectivity index (χ4n) is 10.4. The van der Waals surface area contributed by atoms with E-state index in [0.717, 1.165) is 61.4 Å². The number of para-hydroxylation sites is 4. The van der Waals surface area contributed by atoms with Crippen molar-refractivity contribution in [3.8, 4) is 50.6 Å². The zero-order valence-electron chi connectivity index (χ0n) is 54.9. The zero-order valence-corrected chi connectivity index (χ0v) is 44.9. The highest BCUT2D eigenvalue weighted by Crippen LogP contribution is 2.43. The van der Waals surface area contributed by atoms with Gasteiger partial charge in [0.1, 0.15) is 5.82 Å². The smallest absolute Gasteiger partial charge is 0.269 e. The minimum atomic E-state index is -0.565. The Balaban J connectivity index is 1.08. The minimum absolute atomic E-state index is 0.0698. The summed E-state index contributed by atoms with van der Waals surface area (Å²) in [5, 5.41) is 2.15. The Kier molecular flexibility index (Phi) is 9.60. The van der Waals surface area contributed by atoms with Crippen LogP contribution in [0.3, 0.4) is 0 Å². The lowest BCUT2D eigenvalue weighted by molar-refractivity contribution is -0.571. The second kappa shape index (κ2) is 19.1. The first-order chi connectivity index (χ1) is 41.2. The van der Waals surface area contributed by atoms with Crippen LogP contribution >= 0.6 is 0 Å². The van der Waals surface area contributed by atoms with Gasteiger partial charge in [0, 0.05) is 34.0 Å². The third kappa shape index (κ3) is 9.20. The SMILES string of the molecule is [2H]c1c([2H])c([2H])c(-c2cccc(-c3c([2H])c([2H])c([2H])c([2H])c3[2H])c2-[n+]2[c-]n(-c3cccc(N(c4ccccc4)c4ccc5c6ccc(-c7cc(C(C)(C)C)cc(C(C)(C)C)c7)cc6n(-c6cc(C(C)(C)C)ccn6)c5c4)c3)c3ccccc32)c([2H])c1[2H]. The molecule has 378 valence electrons. The average Bonchev–Trinajstić information content (AvgIpc) is 1.82. The van der Waals surface area contributed by atoms with E-state index in [9.17, 15) is 5.48 Å². The average molecular weight is 1010 g/mol. The number of rotatable bonds is 9. The number of imidazole rings is 1. The summed E-state index contributed by atoms with van der Waals surface area (Å²) >= 11 is 0. The first-order valence-corrected chi connectivity index (χ1v) is 26.1. The van der Waals surface area contributed by atoms with Crippen molar-refractivity contribution in [2.75, 3.05) is 4.90 Å². The summed E-state index contributed by atoms with van der Waals surface area (Å²) in [5.74, 6) is 0.801. The largest absolute Gasteiger partial charge is 0.311 e. The summed E-state index contributed by atoms with van der Waals surface area (Å²) in [7, 11) is 0. The van der Waals surface area contributed by atoms with E-state index >= 15 is 0 Å². The van der Waals surface area contributed by atoms with Crippen LogP contribution < -0.4 is 9.47 Å². The Labute approximate surface area is 468 Å². The van der Waals surface area contributed by atoms with Gasteiger partial charge in [0.05, 0.1) is 47.1 Å². The second-order valence-corrected chi connectivity index (χ2v) is 22.9. The van der Waals surface area contributed by atoms with E-state index in [-0.39, 0.29) is 44.2 Å². The van der Waals surface area contributed by atoms with Gasteiger partial charge in [-0.3, -0.25) is 13.7 Å². The van der Waals surface area contributed by atoms with Crippen molar-refractivity contribution in [3.05, 3.63) is 253 Å². The zero-order chi connectivity index (χ0) is 61.9. The molecule has 0 aliphatic rings. The van der Waals surface area contributed by atoms with Crippen molar-refractivity contribution < 1.29 is 18.3 Å². The summed E-state index contributed by atoms with van der Waals surface area (Å²) in [5.41, 5.74) is 12.4. The van der Waals surface area contributed by atoms with Crippen LogP contribution in [0, 0.1) is 6.33 Å². The molecule has 3 heterocycles. The van der Waals surface area contributed by atoms with Crippen molar-refractivity contribution in [2.45, 2.75) is 78.6 Å². The summed E-state index contributed by atoms with van der Waals surface area (Å²) in [4.78, 5) is 7.33. The van der Waals surface area contributed by atoms with Gasteiger partial charge in [0.2, 0.25) is 0 Å². The Hall–Kier alpha value is -8.80. The van der Waals surface area contributed by atoms with E-state index in [1.807, 2.05) is 65.4 Å². The third-order valence-electron chi connectivity index (χ3n) is 14.6. The molecule has 0 aliphatic carbocycles. The first kappa shape index (κ1) is 38.7. The predicted octanol–water partition coefficient (Wildman–Crippen LogP) is 18.6. The molecule has 0 radical (unpaired) electrons. The molecule has 0 bridgehead atoms. The first-order valence-electron chi connectivity index (χ1n) is 31.1. The Bertz CT molecular complexity index is 4600. The lowest BCUT2D eigenvalue weighted by Gasteiger charge is -2.26. The second-order valence-electron chi connectivity index (χ2n) is 22.9. The van der Waals surface area contributed by atoms with Crippen LogP contribution in [0.4, 0.5) is 17.1 Å². The van der Waals surface area contributed by atoms with Crippen LogP contribution in [0.5, 0.6) is 0 Å². The van der Waals surface area contributed by atoms with Crippen LogP contribution in [0.1, 0.15) is 92.7 Å². The molecular weight excluding hydrogens is 935 g/mol. The van der Waals surface area contributed by atoms with E-state index in [1.54, 1.807) is 22.8 Å². The van der Waals surface area contributed by atoms with Gasteiger partial charge in [-0.15, -0.1) is 0 Å². The Morgan fingerprint density at radius 2 is 1.03 bits per heavy atom. The van der Waals surface area contributed by atoms with E-state index < -0.39 is 60.4 Å². The molecule has 0 amide bonds. The maximum Gasteiger partial charge on any atom is 0.269 e. The molecule has 3 aromatic heterocycles. The fourth-order valence-corrected chi connectivity index (χ4v) is 10.4. The minimum Gasteiger partial charge on any atom is -0.311 e. The quantitative estimate of drug-likeness (QED) is 0.107. The fraction of sp³-hybridized carbons (Fsp3) is 0.167. The molecule has 0 saturated carbocycles. The van der Waals surface area contributed by atoms with Gasteiger partial charge in [-0.05, 0) is 127 Å². The van der Waals surface area contributed by atoms with Crippen molar-refractivity contribution in [2.24, 2.45) is 0 Å². The molecule has 0 unspecified atom stereocenters. The number of fused-ring (bicyclic) bond motifs is 4. The van der Waals surface area contributed by atoms with E-state index in [0.29, 0.717) is 16.7 Å². The number of nitrogens with zero attached hydrogens (tertiary/aromatic N) is 5. The Morgan fingerprint density at radius 3 is 1.68 bits per heavy atom. The lowest BCUT2D eigenvalue weighted by Crippen LogP contribution is -2.31. The molecule has 12 aromatic rings. The van der Waals surface area contributed by atoms with Gasteiger partial charge in [-0.1, -0.05) is 226 Å². The summed E-state index contributed by atoms with van der Waals surface area (Å²) in [6, 6.07) is 50.1. The molecule has 12 rings (SSSR count). The molecule has 9 aromatic carbocycles. The van der Waals surface area contributed by atoms with Gasteiger partial charge < -0.3 is 4.90 Å². The van der Waals surface area contributed by atoms with Gasteiger partial charge in [-0.25, -0.2) is 4.98 Å². The molecule has 0 atom stereocenters. The van der Waals surface area contributed by atoms with E-state index in [2.05, 4.69) is 169 Å². The molecule has 0 aliphatic heterocycles. The number of hydrogen-bond acceptors (Lipinski definition) is 2. The summed E-state index contributed by atoms with van der Waals surface area (Å²) in [6.07, 6.45) is 5.47. The lowest BCUT2D eigenvalue weighted by atomic mass is 9.79. The van der Waals surface area contributed by atoms with Gasteiger partial charge >= 0.3 is 0 Å². The van der Waals surface area contributed by atoms with Gasteiger partial charge in [-0.2, -0.15) is 0 Å². The van der Waals surface area contributed by atoms with Crippen molar-refractivity contribution in [1.82, 2.24) is 14.1 Å². The van der Waals surface area contributed by atoms with Crippen molar-refractivity contribution in [3.63, 3.8) is 0 Å². The highest BCUT2D eigenvalue weighted by atomic mass is 15.2. The normalized spacial score (nSPS) is 14.0. The molecule has 0 spiro atoms. The molecular formula is C72H65N5. The maximum absolute atomic E-state index is 9.18. The van der Waals surface area contributed by atoms with Gasteiger partial charge in [0.15, 0.2) is 0 Å². The molecule has 77 heavy (non-hydrogen) atoms. The summed E-state index contributed by atoms with van der Waals surface area (Å²) < 4.78 is 94.3. The maximum atomic E-state index is 9.18. The third-order valence-corrected chi connectivity index (χ3v) is 14.6. The van der Waals surface area contributed by atoms with E-state index in [4.69, 9.17) is 13.2 Å². The molecule has 5 heteroatoms. The number of benzene rings is 9. The van der Waals surface area contributed by atoms with E-state index in [1.165, 1.54) is 11.1 Å².